The maximum absolute atomic E-state index is 12.1. The summed E-state index contributed by atoms with van der Waals surface area (Å²) in [5, 5.41) is 9.06. The summed E-state index contributed by atoms with van der Waals surface area (Å²) in [6.45, 7) is 5.62. The van der Waals surface area contributed by atoms with Crippen molar-refractivity contribution in [3.63, 3.8) is 0 Å². The molecule has 21 heavy (non-hydrogen) atoms. The molecule has 0 spiro atoms. The molecule has 2 amide bonds. The second-order valence-electron chi connectivity index (χ2n) is 5.49. The summed E-state index contributed by atoms with van der Waals surface area (Å²) < 4.78 is 0. The standard InChI is InChI=1S/C16H23N3O2/c1-3-15(20)18-13-5-4-6-14(11(13)2)19-16(21)9-12-7-8-17-10-12/h4-6,12,17H,3,7-10H2,1-2H3,(H,18,20)(H,19,21). The van der Waals surface area contributed by atoms with Gasteiger partial charge in [0.2, 0.25) is 11.8 Å². The van der Waals surface area contributed by atoms with E-state index < -0.39 is 0 Å². The molecule has 1 fully saturated rings. The summed E-state index contributed by atoms with van der Waals surface area (Å²) >= 11 is 0. The average Bonchev–Trinajstić information content (AvgIpc) is 2.95. The molecule has 2 rings (SSSR count). The predicted molar refractivity (Wildman–Crippen MR) is 84.3 cm³/mol. The summed E-state index contributed by atoms with van der Waals surface area (Å²) in [6.07, 6.45) is 2.03. The van der Waals surface area contributed by atoms with Crippen LogP contribution in [0.25, 0.3) is 0 Å². The zero-order valence-electron chi connectivity index (χ0n) is 12.7. The van der Waals surface area contributed by atoms with Gasteiger partial charge in [0.25, 0.3) is 0 Å². The van der Waals surface area contributed by atoms with E-state index in [4.69, 9.17) is 0 Å². The van der Waals surface area contributed by atoms with Crippen molar-refractivity contribution in [1.82, 2.24) is 5.32 Å². The van der Waals surface area contributed by atoms with Crippen molar-refractivity contribution < 1.29 is 9.59 Å². The zero-order valence-corrected chi connectivity index (χ0v) is 12.7. The van der Waals surface area contributed by atoms with Gasteiger partial charge < -0.3 is 16.0 Å². The Labute approximate surface area is 125 Å². The minimum Gasteiger partial charge on any atom is -0.326 e. The van der Waals surface area contributed by atoms with Gasteiger partial charge in [-0.25, -0.2) is 0 Å². The van der Waals surface area contributed by atoms with Crippen LogP contribution in [0.15, 0.2) is 18.2 Å². The lowest BCUT2D eigenvalue weighted by atomic mass is 10.0. The van der Waals surface area contributed by atoms with Gasteiger partial charge in [-0.05, 0) is 50.0 Å². The van der Waals surface area contributed by atoms with Crippen molar-refractivity contribution in [3.05, 3.63) is 23.8 Å². The Kier molecular flexibility index (Phi) is 5.33. The second-order valence-corrected chi connectivity index (χ2v) is 5.49. The quantitative estimate of drug-likeness (QED) is 0.779. The number of rotatable bonds is 5. The van der Waals surface area contributed by atoms with Gasteiger partial charge in [0.15, 0.2) is 0 Å². The topological polar surface area (TPSA) is 70.2 Å². The summed E-state index contributed by atoms with van der Waals surface area (Å²) in [7, 11) is 0. The van der Waals surface area contributed by atoms with E-state index in [0.717, 1.165) is 36.4 Å². The molecule has 0 bridgehead atoms. The van der Waals surface area contributed by atoms with E-state index in [1.54, 1.807) is 0 Å². The summed E-state index contributed by atoms with van der Waals surface area (Å²) in [5.41, 5.74) is 2.40. The summed E-state index contributed by atoms with van der Waals surface area (Å²) in [5.74, 6) is 0.428. The van der Waals surface area contributed by atoms with Crippen LogP contribution in [0.2, 0.25) is 0 Å². The molecule has 0 radical (unpaired) electrons. The van der Waals surface area contributed by atoms with Crippen LogP contribution in [0, 0.1) is 12.8 Å². The van der Waals surface area contributed by atoms with Crippen LogP contribution in [-0.4, -0.2) is 24.9 Å². The van der Waals surface area contributed by atoms with Crippen molar-refractivity contribution in [2.75, 3.05) is 23.7 Å². The molecule has 1 aliphatic heterocycles. The molecule has 114 valence electrons. The normalized spacial score (nSPS) is 17.5. The van der Waals surface area contributed by atoms with E-state index in [-0.39, 0.29) is 11.8 Å². The van der Waals surface area contributed by atoms with Gasteiger partial charge >= 0.3 is 0 Å². The van der Waals surface area contributed by atoms with Crippen LogP contribution in [0.3, 0.4) is 0 Å². The molecule has 1 aromatic carbocycles. The van der Waals surface area contributed by atoms with Crippen molar-refractivity contribution in [3.8, 4) is 0 Å². The van der Waals surface area contributed by atoms with Crippen LogP contribution in [0.4, 0.5) is 11.4 Å². The molecule has 5 heteroatoms. The van der Waals surface area contributed by atoms with Crippen LogP contribution in [0.5, 0.6) is 0 Å². The van der Waals surface area contributed by atoms with E-state index in [1.165, 1.54) is 0 Å². The van der Waals surface area contributed by atoms with E-state index >= 15 is 0 Å². The van der Waals surface area contributed by atoms with Gasteiger partial charge in [-0.15, -0.1) is 0 Å². The number of carbonyl (C=O) groups excluding carboxylic acids is 2. The van der Waals surface area contributed by atoms with Gasteiger partial charge in [-0.2, -0.15) is 0 Å². The summed E-state index contributed by atoms with van der Waals surface area (Å²) in [4.78, 5) is 23.6. The van der Waals surface area contributed by atoms with E-state index in [9.17, 15) is 9.59 Å². The van der Waals surface area contributed by atoms with E-state index in [0.29, 0.717) is 18.8 Å². The minimum absolute atomic E-state index is 0.0291. The SMILES string of the molecule is CCC(=O)Nc1cccc(NC(=O)CC2CCNC2)c1C. The molecule has 1 aromatic rings. The molecule has 5 nitrogen and oxygen atoms in total. The number of anilines is 2. The molecule has 1 saturated heterocycles. The van der Waals surface area contributed by atoms with Crippen molar-refractivity contribution >= 4 is 23.2 Å². The van der Waals surface area contributed by atoms with Gasteiger partial charge in [0, 0.05) is 24.2 Å². The van der Waals surface area contributed by atoms with Crippen LogP contribution >= 0.6 is 0 Å². The molecule has 3 N–H and O–H groups in total. The molecule has 1 heterocycles. The molecule has 0 saturated carbocycles. The third-order valence-corrected chi connectivity index (χ3v) is 3.84. The highest BCUT2D eigenvalue weighted by Crippen LogP contribution is 2.24. The average molecular weight is 289 g/mol. The first kappa shape index (κ1) is 15.5. The highest BCUT2D eigenvalue weighted by molar-refractivity contribution is 5.95. The number of amides is 2. The van der Waals surface area contributed by atoms with Gasteiger partial charge in [0.05, 0.1) is 0 Å². The van der Waals surface area contributed by atoms with Crippen LogP contribution in [0.1, 0.15) is 31.7 Å². The molecular formula is C16H23N3O2. The predicted octanol–water partition coefficient (Wildman–Crippen LogP) is 2.28. The Bertz CT molecular complexity index is 522. The summed E-state index contributed by atoms with van der Waals surface area (Å²) in [6, 6.07) is 5.55. The maximum atomic E-state index is 12.1. The lowest BCUT2D eigenvalue weighted by Gasteiger charge is -2.14. The number of hydrogen-bond donors (Lipinski definition) is 3. The lowest BCUT2D eigenvalue weighted by molar-refractivity contribution is -0.117. The van der Waals surface area contributed by atoms with Crippen molar-refractivity contribution in [2.24, 2.45) is 5.92 Å². The fourth-order valence-corrected chi connectivity index (χ4v) is 2.50. The van der Waals surface area contributed by atoms with Crippen molar-refractivity contribution in [2.45, 2.75) is 33.1 Å². The van der Waals surface area contributed by atoms with E-state index in [1.807, 2.05) is 32.0 Å². The second kappa shape index (κ2) is 7.22. The first-order valence-corrected chi connectivity index (χ1v) is 7.50. The minimum atomic E-state index is -0.0291. The highest BCUT2D eigenvalue weighted by atomic mass is 16.2. The Morgan fingerprint density at radius 2 is 1.90 bits per heavy atom. The third kappa shape index (κ3) is 4.29. The van der Waals surface area contributed by atoms with Gasteiger partial charge in [-0.3, -0.25) is 9.59 Å². The molecule has 0 aliphatic carbocycles. The fourth-order valence-electron chi connectivity index (χ4n) is 2.50. The Balaban J connectivity index is 2.00. The zero-order chi connectivity index (χ0) is 15.2. The van der Waals surface area contributed by atoms with Gasteiger partial charge in [0.1, 0.15) is 0 Å². The van der Waals surface area contributed by atoms with Crippen LogP contribution < -0.4 is 16.0 Å². The molecular weight excluding hydrogens is 266 g/mol. The Morgan fingerprint density at radius 3 is 2.48 bits per heavy atom. The number of nitrogens with one attached hydrogen (secondary N) is 3. The smallest absolute Gasteiger partial charge is 0.224 e. The molecule has 1 unspecified atom stereocenters. The van der Waals surface area contributed by atoms with Gasteiger partial charge in [-0.1, -0.05) is 13.0 Å². The number of benzene rings is 1. The highest BCUT2D eigenvalue weighted by Gasteiger charge is 2.18. The largest absolute Gasteiger partial charge is 0.326 e. The third-order valence-electron chi connectivity index (χ3n) is 3.84. The fraction of sp³-hybridized carbons (Fsp3) is 0.500. The monoisotopic (exact) mass is 289 g/mol. The number of hydrogen-bond acceptors (Lipinski definition) is 3. The Morgan fingerprint density at radius 1 is 1.24 bits per heavy atom. The maximum Gasteiger partial charge on any atom is 0.224 e. The lowest BCUT2D eigenvalue weighted by Crippen LogP contribution is -2.19. The Hall–Kier alpha value is -1.88. The van der Waals surface area contributed by atoms with Crippen molar-refractivity contribution in [1.29, 1.82) is 0 Å². The van der Waals surface area contributed by atoms with Crippen LogP contribution in [-0.2, 0) is 9.59 Å². The molecule has 0 aromatic heterocycles. The first-order valence-electron chi connectivity index (χ1n) is 7.50. The molecule has 1 atom stereocenters. The molecule has 1 aliphatic rings. The van der Waals surface area contributed by atoms with E-state index in [2.05, 4.69) is 16.0 Å². The first-order chi connectivity index (χ1) is 10.1. The number of carbonyl (C=O) groups is 2.